The molecule has 0 amide bonds. The van der Waals surface area contributed by atoms with Gasteiger partial charge in [-0.3, -0.25) is 4.79 Å². The highest BCUT2D eigenvalue weighted by molar-refractivity contribution is 5.80. The van der Waals surface area contributed by atoms with E-state index in [1.807, 2.05) is 0 Å². The molecular formula is C12H22O2. The highest BCUT2D eigenvalue weighted by Crippen LogP contribution is 2.18. The van der Waals surface area contributed by atoms with Gasteiger partial charge in [0.25, 0.3) is 0 Å². The van der Waals surface area contributed by atoms with Crippen LogP contribution in [0.2, 0.25) is 0 Å². The van der Waals surface area contributed by atoms with Crippen LogP contribution in [0.1, 0.15) is 51.9 Å². The minimum atomic E-state index is 0.311. The minimum Gasteiger partial charge on any atom is -0.381 e. The second-order valence-corrected chi connectivity index (χ2v) is 4.16. The van der Waals surface area contributed by atoms with Crippen LogP contribution in [0.5, 0.6) is 0 Å². The highest BCUT2D eigenvalue weighted by Gasteiger charge is 2.20. The van der Waals surface area contributed by atoms with Crippen LogP contribution in [0, 0.1) is 5.92 Å². The third-order valence-corrected chi connectivity index (χ3v) is 2.95. The summed E-state index contributed by atoms with van der Waals surface area (Å²) in [5, 5.41) is 0. The minimum absolute atomic E-state index is 0.311. The van der Waals surface area contributed by atoms with Crippen molar-refractivity contribution in [3.05, 3.63) is 0 Å². The maximum absolute atomic E-state index is 11.7. The molecule has 1 aliphatic rings. The number of hydrogen-bond acceptors (Lipinski definition) is 2. The van der Waals surface area contributed by atoms with Crippen molar-refractivity contribution in [1.82, 2.24) is 0 Å². The lowest BCUT2D eigenvalue weighted by atomic mass is 9.92. The van der Waals surface area contributed by atoms with E-state index >= 15 is 0 Å². The molecule has 0 aliphatic carbocycles. The predicted octanol–water partition coefficient (Wildman–Crippen LogP) is 2.95. The largest absolute Gasteiger partial charge is 0.381 e. The first-order valence-electron chi connectivity index (χ1n) is 5.95. The Bertz CT molecular complexity index is 160. The normalized spacial score (nSPS) is 18.4. The lowest BCUT2D eigenvalue weighted by Gasteiger charge is -2.20. The third kappa shape index (κ3) is 4.23. The van der Waals surface area contributed by atoms with Crippen LogP contribution < -0.4 is 0 Å². The van der Waals surface area contributed by atoms with Gasteiger partial charge in [0.05, 0.1) is 0 Å². The SMILES string of the molecule is CCCCCCC(=O)C1CCOCC1. The van der Waals surface area contributed by atoms with Crippen molar-refractivity contribution in [2.24, 2.45) is 5.92 Å². The van der Waals surface area contributed by atoms with Gasteiger partial charge in [0.2, 0.25) is 0 Å². The fourth-order valence-corrected chi connectivity index (χ4v) is 1.95. The number of carbonyl (C=O) groups excluding carboxylic acids is 1. The van der Waals surface area contributed by atoms with E-state index in [4.69, 9.17) is 4.74 Å². The predicted molar refractivity (Wildman–Crippen MR) is 57.3 cm³/mol. The fourth-order valence-electron chi connectivity index (χ4n) is 1.95. The third-order valence-electron chi connectivity index (χ3n) is 2.95. The number of Topliss-reactive ketones (excluding diaryl/α,β-unsaturated/α-hetero) is 1. The molecule has 0 unspecified atom stereocenters. The van der Waals surface area contributed by atoms with Crippen molar-refractivity contribution in [3.63, 3.8) is 0 Å². The summed E-state index contributed by atoms with van der Waals surface area (Å²) in [5.74, 6) is 0.787. The molecule has 0 saturated carbocycles. The van der Waals surface area contributed by atoms with E-state index in [2.05, 4.69) is 6.92 Å². The summed E-state index contributed by atoms with van der Waals surface area (Å²) >= 11 is 0. The number of rotatable bonds is 6. The Morgan fingerprint density at radius 1 is 1.21 bits per heavy atom. The van der Waals surface area contributed by atoms with Crippen molar-refractivity contribution in [3.8, 4) is 0 Å². The topological polar surface area (TPSA) is 26.3 Å². The van der Waals surface area contributed by atoms with Gasteiger partial charge in [-0.1, -0.05) is 26.2 Å². The fraction of sp³-hybridized carbons (Fsp3) is 0.917. The van der Waals surface area contributed by atoms with Gasteiger partial charge in [0.15, 0.2) is 0 Å². The number of carbonyl (C=O) groups is 1. The van der Waals surface area contributed by atoms with Gasteiger partial charge in [-0.2, -0.15) is 0 Å². The molecule has 0 atom stereocenters. The molecule has 0 N–H and O–H groups in total. The zero-order valence-corrected chi connectivity index (χ0v) is 9.26. The lowest BCUT2D eigenvalue weighted by molar-refractivity contribution is -0.125. The van der Waals surface area contributed by atoms with Crippen LogP contribution in [0.15, 0.2) is 0 Å². The first-order valence-corrected chi connectivity index (χ1v) is 5.95. The second kappa shape index (κ2) is 6.99. The van der Waals surface area contributed by atoms with Gasteiger partial charge in [-0.15, -0.1) is 0 Å². The van der Waals surface area contributed by atoms with Gasteiger partial charge in [0, 0.05) is 25.6 Å². The first-order chi connectivity index (χ1) is 6.84. The molecule has 1 saturated heterocycles. The van der Waals surface area contributed by atoms with E-state index in [0.29, 0.717) is 11.7 Å². The summed E-state index contributed by atoms with van der Waals surface area (Å²) in [4.78, 5) is 11.7. The lowest BCUT2D eigenvalue weighted by Crippen LogP contribution is -2.23. The summed E-state index contributed by atoms with van der Waals surface area (Å²) in [7, 11) is 0. The first kappa shape index (κ1) is 11.7. The Morgan fingerprint density at radius 3 is 2.57 bits per heavy atom. The Hall–Kier alpha value is -0.370. The summed E-state index contributed by atoms with van der Waals surface area (Å²) < 4.78 is 5.24. The van der Waals surface area contributed by atoms with Crippen LogP contribution in [0.25, 0.3) is 0 Å². The quantitative estimate of drug-likeness (QED) is 0.613. The van der Waals surface area contributed by atoms with Crippen LogP contribution in [-0.2, 0) is 9.53 Å². The standard InChI is InChI=1S/C12H22O2/c1-2-3-4-5-6-12(13)11-7-9-14-10-8-11/h11H,2-10H2,1H3. The molecule has 0 bridgehead atoms. The smallest absolute Gasteiger partial charge is 0.136 e. The average molecular weight is 198 g/mol. The van der Waals surface area contributed by atoms with Gasteiger partial charge in [-0.05, 0) is 19.3 Å². The molecule has 0 spiro atoms. The van der Waals surface area contributed by atoms with E-state index in [1.54, 1.807) is 0 Å². The average Bonchev–Trinajstić information content (AvgIpc) is 2.25. The maximum Gasteiger partial charge on any atom is 0.136 e. The van der Waals surface area contributed by atoms with E-state index in [1.165, 1.54) is 19.3 Å². The second-order valence-electron chi connectivity index (χ2n) is 4.16. The van der Waals surface area contributed by atoms with Crippen LogP contribution in [0.4, 0.5) is 0 Å². The molecule has 0 aromatic rings. The van der Waals surface area contributed by atoms with Gasteiger partial charge in [0.1, 0.15) is 5.78 Å². The number of unbranched alkanes of at least 4 members (excludes halogenated alkanes) is 3. The monoisotopic (exact) mass is 198 g/mol. The molecule has 0 aromatic heterocycles. The van der Waals surface area contributed by atoms with Gasteiger partial charge < -0.3 is 4.74 Å². The highest BCUT2D eigenvalue weighted by atomic mass is 16.5. The molecule has 0 aromatic carbocycles. The zero-order chi connectivity index (χ0) is 10.2. The zero-order valence-electron chi connectivity index (χ0n) is 9.26. The van der Waals surface area contributed by atoms with Crippen LogP contribution >= 0.6 is 0 Å². The molecule has 1 fully saturated rings. The van der Waals surface area contributed by atoms with E-state index in [9.17, 15) is 4.79 Å². The molecule has 1 rings (SSSR count). The molecular weight excluding hydrogens is 176 g/mol. The Balaban J connectivity index is 2.07. The van der Waals surface area contributed by atoms with Crippen molar-refractivity contribution < 1.29 is 9.53 Å². The van der Waals surface area contributed by atoms with E-state index in [-0.39, 0.29) is 0 Å². The summed E-state index contributed by atoms with van der Waals surface area (Å²) in [6.45, 7) is 3.76. The van der Waals surface area contributed by atoms with E-state index < -0.39 is 0 Å². The number of hydrogen-bond donors (Lipinski definition) is 0. The van der Waals surface area contributed by atoms with Crippen molar-refractivity contribution >= 4 is 5.78 Å². The number of ketones is 1. The molecule has 1 aliphatic heterocycles. The van der Waals surface area contributed by atoms with Crippen molar-refractivity contribution in [1.29, 1.82) is 0 Å². The molecule has 14 heavy (non-hydrogen) atoms. The van der Waals surface area contributed by atoms with Gasteiger partial charge in [-0.25, -0.2) is 0 Å². The van der Waals surface area contributed by atoms with Crippen molar-refractivity contribution in [2.75, 3.05) is 13.2 Å². The molecule has 2 nitrogen and oxygen atoms in total. The Labute approximate surface area is 87.0 Å². The van der Waals surface area contributed by atoms with Crippen LogP contribution in [-0.4, -0.2) is 19.0 Å². The van der Waals surface area contributed by atoms with Crippen molar-refractivity contribution in [2.45, 2.75) is 51.9 Å². The molecule has 0 radical (unpaired) electrons. The summed E-state index contributed by atoms with van der Waals surface area (Å²) in [5.41, 5.74) is 0. The van der Waals surface area contributed by atoms with Crippen LogP contribution in [0.3, 0.4) is 0 Å². The Morgan fingerprint density at radius 2 is 1.93 bits per heavy atom. The van der Waals surface area contributed by atoms with Gasteiger partial charge >= 0.3 is 0 Å². The molecule has 2 heteroatoms. The summed E-state index contributed by atoms with van der Waals surface area (Å²) in [6.07, 6.45) is 7.51. The Kier molecular flexibility index (Phi) is 5.85. The number of ether oxygens (including phenoxy) is 1. The summed E-state index contributed by atoms with van der Waals surface area (Å²) in [6, 6.07) is 0. The van der Waals surface area contributed by atoms with E-state index in [0.717, 1.165) is 38.9 Å². The maximum atomic E-state index is 11.7. The molecule has 1 heterocycles. The molecule has 82 valence electrons.